The summed E-state index contributed by atoms with van der Waals surface area (Å²) in [5.74, 6) is 0.397. The highest BCUT2D eigenvalue weighted by molar-refractivity contribution is 5.75. The fourth-order valence-electron chi connectivity index (χ4n) is 2.55. The van der Waals surface area contributed by atoms with Gasteiger partial charge in [0.25, 0.3) is 0 Å². The van der Waals surface area contributed by atoms with Crippen LogP contribution in [0.2, 0.25) is 0 Å². The van der Waals surface area contributed by atoms with Gasteiger partial charge in [-0.15, -0.1) is 0 Å². The largest absolute Gasteiger partial charge is 0.298 e. The number of benzene rings is 2. The molecule has 21 heavy (non-hydrogen) atoms. The summed E-state index contributed by atoms with van der Waals surface area (Å²) in [5.41, 5.74) is 4.63. The lowest BCUT2D eigenvalue weighted by molar-refractivity contribution is 0.112. The molecular formula is C20H24O. The van der Waals surface area contributed by atoms with Crippen LogP contribution in [0.15, 0.2) is 48.5 Å². The fraction of sp³-hybridized carbons (Fsp3) is 0.350. The van der Waals surface area contributed by atoms with Crippen LogP contribution in [-0.2, 0) is 11.8 Å². The zero-order valence-corrected chi connectivity index (χ0v) is 13.4. The van der Waals surface area contributed by atoms with Crippen molar-refractivity contribution in [2.24, 2.45) is 0 Å². The SMILES string of the molecule is CC(Cc1ccccc1)c1cc(C=O)cc(C(C)(C)C)c1. The van der Waals surface area contributed by atoms with Crippen molar-refractivity contribution in [3.8, 4) is 0 Å². The molecule has 0 spiro atoms. The molecule has 0 aliphatic heterocycles. The number of rotatable bonds is 4. The van der Waals surface area contributed by atoms with E-state index < -0.39 is 0 Å². The number of carbonyl (C=O) groups excluding carboxylic acids is 1. The molecule has 0 aliphatic rings. The molecule has 0 saturated carbocycles. The van der Waals surface area contributed by atoms with E-state index in [0.29, 0.717) is 5.92 Å². The molecule has 0 bridgehead atoms. The van der Waals surface area contributed by atoms with Gasteiger partial charge in [-0.1, -0.05) is 64.1 Å². The summed E-state index contributed by atoms with van der Waals surface area (Å²) in [4.78, 5) is 11.2. The maximum absolute atomic E-state index is 11.2. The molecule has 1 unspecified atom stereocenters. The van der Waals surface area contributed by atoms with E-state index in [2.05, 4.69) is 58.0 Å². The fourth-order valence-corrected chi connectivity index (χ4v) is 2.55. The summed E-state index contributed by atoms with van der Waals surface area (Å²) < 4.78 is 0. The predicted molar refractivity (Wildman–Crippen MR) is 89.1 cm³/mol. The lowest BCUT2D eigenvalue weighted by Gasteiger charge is -2.22. The topological polar surface area (TPSA) is 17.1 Å². The average Bonchev–Trinajstić information content (AvgIpc) is 2.46. The normalized spacial score (nSPS) is 13.0. The molecule has 0 saturated heterocycles. The monoisotopic (exact) mass is 280 g/mol. The molecular weight excluding hydrogens is 256 g/mol. The van der Waals surface area contributed by atoms with Gasteiger partial charge >= 0.3 is 0 Å². The van der Waals surface area contributed by atoms with Gasteiger partial charge in [0.1, 0.15) is 6.29 Å². The predicted octanol–water partition coefficient (Wildman–Crippen LogP) is 5.14. The van der Waals surface area contributed by atoms with Crippen molar-refractivity contribution in [3.63, 3.8) is 0 Å². The van der Waals surface area contributed by atoms with Gasteiger partial charge in [-0.05, 0) is 46.6 Å². The third kappa shape index (κ3) is 4.04. The minimum Gasteiger partial charge on any atom is -0.298 e. The quantitative estimate of drug-likeness (QED) is 0.708. The Balaban J connectivity index is 2.32. The summed E-state index contributed by atoms with van der Waals surface area (Å²) in [7, 11) is 0. The maximum atomic E-state index is 11.2. The third-order valence-electron chi connectivity index (χ3n) is 3.93. The van der Waals surface area contributed by atoms with Crippen molar-refractivity contribution in [3.05, 3.63) is 70.8 Å². The van der Waals surface area contributed by atoms with E-state index in [1.165, 1.54) is 16.7 Å². The number of hydrogen-bond acceptors (Lipinski definition) is 1. The summed E-state index contributed by atoms with van der Waals surface area (Å²) in [5, 5.41) is 0. The van der Waals surface area contributed by atoms with Gasteiger partial charge in [0.15, 0.2) is 0 Å². The molecule has 2 aromatic rings. The number of carbonyl (C=O) groups is 1. The minimum atomic E-state index is 0.0558. The highest BCUT2D eigenvalue weighted by Crippen LogP contribution is 2.28. The zero-order chi connectivity index (χ0) is 15.5. The second-order valence-electron chi connectivity index (χ2n) is 6.85. The van der Waals surface area contributed by atoms with Crippen LogP contribution in [0.4, 0.5) is 0 Å². The van der Waals surface area contributed by atoms with Crippen molar-refractivity contribution in [2.45, 2.75) is 45.4 Å². The molecule has 0 heterocycles. The molecule has 0 fully saturated rings. The Morgan fingerprint density at radius 1 is 1.05 bits per heavy atom. The Bertz CT molecular complexity index is 605. The van der Waals surface area contributed by atoms with Crippen molar-refractivity contribution >= 4 is 6.29 Å². The standard InChI is InChI=1S/C20H24O/c1-15(10-16-8-6-5-7-9-16)18-11-17(14-21)12-19(13-18)20(2,3)4/h5-9,11-15H,10H2,1-4H3. The van der Waals surface area contributed by atoms with E-state index in [9.17, 15) is 4.79 Å². The van der Waals surface area contributed by atoms with E-state index in [4.69, 9.17) is 0 Å². The van der Waals surface area contributed by atoms with Crippen LogP contribution < -0.4 is 0 Å². The first kappa shape index (κ1) is 15.5. The lowest BCUT2D eigenvalue weighted by atomic mass is 9.82. The third-order valence-corrected chi connectivity index (χ3v) is 3.93. The molecule has 1 heteroatoms. The van der Waals surface area contributed by atoms with Crippen molar-refractivity contribution < 1.29 is 4.79 Å². The highest BCUT2D eigenvalue weighted by Gasteiger charge is 2.17. The van der Waals surface area contributed by atoms with Crippen LogP contribution in [-0.4, -0.2) is 6.29 Å². The highest BCUT2D eigenvalue weighted by atomic mass is 16.1. The number of aldehydes is 1. The van der Waals surface area contributed by atoms with Crippen molar-refractivity contribution in [2.75, 3.05) is 0 Å². The lowest BCUT2D eigenvalue weighted by Crippen LogP contribution is -2.13. The molecule has 1 atom stereocenters. The minimum absolute atomic E-state index is 0.0558. The van der Waals surface area contributed by atoms with E-state index in [1.807, 2.05) is 18.2 Å². The molecule has 0 aliphatic carbocycles. The first-order valence-corrected chi connectivity index (χ1v) is 7.54. The van der Waals surface area contributed by atoms with Gasteiger partial charge in [0.2, 0.25) is 0 Å². The van der Waals surface area contributed by atoms with Gasteiger partial charge in [0, 0.05) is 5.56 Å². The van der Waals surface area contributed by atoms with Crippen LogP contribution in [0.5, 0.6) is 0 Å². The van der Waals surface area contributed by atoms with Gasteiger partial charge in [-0.25, -0.2) is 0 Å². The summed E-state index contributed by atoms with van der Waals surface area (Å²) in [6, 6.07) is 16.8. The van der Waals surface area contributed by atoms with E-state index in [0.717, 1.165) is 18.3 Å². The van der Waals surface area contributed by atoms with Crippen LogP contribution in [0.25, 0.3) is 0 Å². The molecule has 0 N–H and O–H groups in total. The molecule has 1 nitrogen and oxygen atoms in total. The van der Waals surface area contributed by atoms with Crippen LogP contribution in [0.1, 0.15) is 60.7 Å². The van der Waals surface area contributed by atoms with Crippen molar-refractivity contribution in [1.82, 2.24) is 0 Å². The van der Waals surface area contributed by atoms with E-state index in [-0.39, 0.29) is 5.41 Å². The van der Waals surface area contributed by atoms with Crippen LogP contribution in [0.3, 0.4) is 0 Å². The van der Waals surface area contributed by atoms with Gasteiger partial charge < -0.3 is 0 Å². The van der Waals surface area contributed by atoms with Gasteiger partial charge in [0.05, 0.1) is 0 Å². The number of hydrogen-bond donors (Lipinski definition) is 0. The zero-order valence-electron chi connectivity index (χ0n) is 13.4. The second-order valence-corrected chi connectivity index (χ2v) is 6.85. The molecule has 110 valence electrons. The first-order chi connectivity index (χ1) is 9.90. The average molecular weight is 280 g/mol. The molecule has 2 rings (SSSR count). The van der Waals surface area contributed by atoms with Crippen molar-refractivity contribution in [1.29, 1.82) is 0 Å². The summed E-state index contributed by atoms with van der Waals surface area (Å²) >= 11 is 0. The Labute approximate surface area is 128 Å². The van der Waals surface area contributed by atoms with Crippen LogP contribution in [0, 0.1) is 0 Å². The molecule has 0 amide bonds. The Morgan fingerprint density at radius 3 is 2.29 bits per heavy atom. The van der Waals surface area contributed by atoms with Gasteiger partial charge in [-0.2, -0.15) is 0 Å². The maximum Gasteiger partial charge on any atom is 0.150 e. The summed E-state index contributed by atoms with van der Waals surface area (Å²) in [6.45, 7) is 8.77. The van der Waals surface area contributed by atoms with Gasteiger partial charge in [-0.3, -0.25) is 4.79 Å². The molecule has 0 radical (unpaired) electrons. The summed E-state index contributed by atoms with van der Waals surface area (Å²) in [6.07, 6.45) is 1.95. The Kier molecular flexibility index (Phi) is 4.62. The Hall–Kier alpha value is -1.89. The van der Waals surface area contributed by atoms with E-state index in [1.54, 1.807) is 0 Å². The Morgan fingerprint density at radius 2 is 1.71 bits per heavy atom. The first-order valence-electron chi connectivity index (χ1n) is 7.54. The second kappa shape index (κ2) is 6.26. The molecule has 2 aromatic carbocycles. The molecule has 0 aromatic heterocycles. The van der Waals surface area contributed by atoms with Crippen LogP contribution >= 0.6 is 0 Å². The smallest absolute Gasteiger partial charge is 0.150 e. The van der Waals surface area contributed by atoms with E-state index >= 15 is 0 Å².